The molecule has 5 nitrogen and oxygen atoms in total. The maximum Gasteiger partial charge on any atom is 0.235 e. The Bertz CT molecular complexity index is 723. The second-order valence-electron chi connectivity index (χ2n) is 5.47. The molecule has 0 atom stereocenters. The van der Waals surface area contributed by atoms with Gasteiger partial charge in [0.1, 0.15) is 5.75 Å². The van der Waals surface area contributed by atoms with Gasteiger partial charge >= 0.3 is 0 Å². The van der Waals surface area contributed by atoms with Gasteiger partial charge < -0.3 is 10.1 Å². The van der Waals surface area contributed by atoms with Gasteiger partial charge in [-0.2, -0.15) is 0 Å². The average Bonchev–Trinajstić information content (AvgIpc) is 2.54. The first-order valence-corrected chi connectivity index (χ1v) is 8.94. The number of benzene rings is 2. The largest absolute Gasteiger partial charge is 0.497 e. The maximum absolute atomic E-state index is 11.8. The zero-order chi connectivity index (χ0) is 16.9. The highest BCUT2D eigenvalue weighted by molar-refractivity contribution is 7.93. The molecule has 2 N–H and O–H groups in total. The topological polar surface area (TPSA) is 67.4 Å². The summed E-state index contributed by atoms with van der Waals surface area (Å²) in [5.41, 5.74) is 2.63. The van der Waals surface area contributed by atoms with Gasteiger partial charge in [0.15, 0.2) is 0 Å². The minimum atomic E-state index is -3.30. The predicted octanol–water partition coefficient (Wildman–Crippen LogP) is 3.46. The molecule has 0 aromatic heterocycles. The van der Waals surface area contributed by atoms with Crippen LogP contribution < -0.4 is 14.8 Å². The molecule has 2 aromatic rings. The van der Waals surface area contributed by atoms with Crippen molar-refractivity contribution < 1.29 is 13.2 Å². The van der Waals surface area contributed by atoms with E-state index in [1.165, 1.54) is 0 Å². The van der Waals surface area contributed by atoms with E-state index in [1.54, 1.807) is 33.1 Å². The molecule has 0 unspecified atom stereocenters. The standard InChI is InChI=1S/C17H22N2O3S/c1-13(2)23(20,21)19-16-6-4-14(5-7-16)12-18-15-8-10-17(22-3)11-9-15/h4-11,13,18-19H,12H2,1-3H3. The molecule has 0 aliphatic carbocycles. The third-order valence-corrected chi connectivity index (χ3v) is 5.18. The number of hydrogen-bond acceptors (Lipinski definition) is 4. The fourth-order valence-electron chi connectivity index (χ4n) is 1.89. The van der Waals surface area contributed by atoms with Crippen molar-refractivity contribution in [2.24, 2.45) is 0 Å². The van der Waals surface area contributed by atoms with Gasteiger partial charge in [-0.3, -0.25) is 4.72 Å². The second-order valence-corrected chi connectivity index (χ2v) is 7.71. The Morgan fingerprint density at radius 1 is 0.957 bits per heavy atom. The van der Waals surface area contributed by atoms with Crippen molar-refractivity contribution in [3.05, 3.63) is 54.1 Å². The number of methoxy groups -OCH3 is 1. The molecule has 0 saturated heterocycles. The van der Waals surface area contributed by atoms with Crippen molar-refractivity contribution in [2.75, 3.05) is 17.1 Å². The zero-order valence-corrected chi connectivity index (χ0v) is 14.4. The van der Waals surface area contributed by atoms with E-state index in [1.807, 2.05) is 36.4 Å². The van der Waals surface area contributed by atoms with E-state index in [-0.39, 0.29) is 0 Å². The lowest BCUT2D eigenvalue weighted by molar-refractivity contribution is 0.415. The highest BCUT2D eigenvalue weighted by Gasteiger charge is 2.15. The fourth-order valence-corrected chi connectivity index (χ4v) is 2.59. The second kappa shape index (κ2) is 7.37. The van der Waals surface area contributed by atoms with Crippen molar-refractivity contribution in [1.29, 1.82) is 0 Å². The summed E-state index contributed by atoms with van der Waals surface area (Å²) >= 11 is 0. The van der Waals surface area contributed by atoms with Crippen LogP contribution in [0.4, 0.5) is 11.4 Å². The lowest BCUT2D eigenvalue weighted by atomic mass is 10.2. The number of hydrogen-bond donors (Lipinski definition) is 2. The van der Waals surface area contributed by atoms with Gasteiger partial charge in [0.2, 0.25) is 10.0 Å². The summed E-state index contributed by atoms with van der Waals surface area (Å²) in [7, 11) is -1.67. The van der Waals surface area contributed by atoms with E-state index < -0.39 is 15.3 Å². The number of rotatable bonds is 7. The molecule has 0 amide bonds. The van der Waals surface area contributed by atoms with Gasteiger partial charge in [-0.05, 0) is 55.8 Å². The molecular formula is C17H22N2O3S. The van der Waals surface area contributed by atoms with Crippen LogP contribution >= 0.6 is 0 Å². The van der Waals surface area contributed by atoms with Crippen molar-refractivity contribution in [3.8, 4) is 5.75 Å². The fraction of sp³-hybridized carbons (Fsp3) is 0.294. The molecule has 0 fully saturated rings. The van der Waals surface area contributed by atoms with Crippen LogP contribution in [-0.2, 0) is 16.6 Å². The molecule has 6 heteroatoms. The van der Waals surface area contributed by atoms with Gasteiger partial charge in [-0.25, -0.2) is 8.42 Å². The SMILES string of the molecule is COc1ccc(NCc2ccc(NS(=O)(=O)C(C)C)cc2)cc1. The van der Waals surface area contributed by atoms with Crippen molar-refractivity contribution >= 4 is 21.4 Å². The van der Waals surface area contributed by atoms with E-state index in [9.17, 15) is 8.42 Å². The molecule has 0 aliphatic heterocycles. The van der Waals surface area contributed by atoms with E-state index in [4.69, 9.17) is 4.74 Å². The van der Waals surface area contributed by atoms with E-state index >= 15 is 0 Å². The lowest BCUT2D eigenvalue weighted by Gasteiger charge is -2.12. The molecule has 23 heavy (non-hydrogen) atoms. The number of sulfonamides is 1. The Hall–Kier alpha value is -2.21. The van der Waals surface area contributed by atoms with E-state index in [0.717, 1.165) is 17.0 Å². The first-order chi connectivity index (χ1) is 10.9. The third kappa shape index (κ3) is 4.89. The van der Waals surface area contributed by atoms with Crippen molar-refractivity contribution in [1.82, 2.24) is 0 Å². The molecule has 124 valence electrons. The Kier molecular flexibility index (Phi) is 5.50. The van der Waals surface area contributed by atoms with Gasteiger partial charge in [-0.1, -0.05) is 12.1 Å². The molecule has 2 aromatic carbocycles. The van der Waals surface area contributed by atoms with Gasteiger partial charge in [0, 0.05) is 17.9 Å². The van der Waals surface area contributed by atoms with Gasteiger partial charge in [0.05, 0.1) is 12.4 Å². The molecule has 0 aliphatic rings. The highest BCUT2D eigenvalue weighted by Crippen LogP contribution is 2.17. The number of ether oxygens (including phenoxy) is 1. The molecule has 0 spiro atoms. The molecule has 0 heterocycles. The third-order valence-electron chi connectivity index (χ3n) is 3.42. The highest BCUT2D eigenvalue weighted by atomic mass is 32.2. The molecular weight excluding hydrogens is 312 g/mol. The summed E-state index contributed by atoms with van der Waals surface area (Å²) in [4.78, 5) is 0. The summed E-state index contributed by atoms with van der Waals surface area (Å²) < 4.78 is 31.3. The first-order valence-electron chi connectivity index (χ1n) is 7.39. The normalized spacial score (nSPS) is 11.3. The first kappa shape index (κ1) is 17.1. The smallest absolute Gasteiger partial charge is 0.235 e. The average molecular weight is 334 g/mol. The van der Waals surface area contributed by atoms with Crippen LogP contribution in [0.1, 0.15) is 19.4 Å². The number of anilines is 2. The molecule has 0 radical (unpaired) electrons. The van der Waals surface area contributed by atoms with Crippen molar-refractivity contribution in [3.63, 3.8) is 0 Å². The van der Waals surface area contributed by atoms with Crippen LogP contribution in [0.15, 0.2) is 48.5 Å². The molecule has 2 rings (SSSR count). The van der Waals surface area contributed by atoms with Crippen molar-refractivity contribution in [2.45, 2.75) is 25.6 Å². The monoisotopic (exact) mass is 334 g/mol. The van der Waals surface area contributed by atoms with Crippen LogP contribution in [0.3, 0.4) is 0 Å². The Balaban J connectivity index is 1.94. The predicted molar refractivity (Wildman–Crippen MR) is 94.4 cm³/mol. The summed E-state index contributed by atoms with van der Waals surface area (Å²) in [6.45, 7) is 3.95. The zero-order valence-electron chi connectivity index (χ0n) is 13.5. The van der Waals surface area contributed by atoms with Crippen LogP contribution in [0.5, 0.6) is 5.75 Å². The van der Waals surface area contributed by atoms with Gasteiger partial charge in [-0.15, -0.1) is 0 Å². The van der Waals surface area contributed by atoms with Crippen LogP contribution in [-0.4, -0.2) is 20.8 Å². The Labute approximate surface area is 137 Å². The number of nitrogens with one attached hydrogen (secondary N) is 2. The van der Waals surface area contributed by atoms with Crippen LogP contribution in [0.2, 0.25) is 0 Å². The van der Waals surface area contributed by atoms with Gasteiger partial charge in [0.25, 0.3) is 0 Å². The Morgan fingerprint density at radius 3 is 2.04 bits per heavy atom. The summed E-state index contributed by atoms with van der Waals surface area (Å²) in [5, 5.41) is 2.84. The molecule has 0 saturated carbocycles. The summed E-state index contributed by atoms with van der Waals surface area (Å²) in [5.74, 6) is 0.817. The summed E-state index contributed by atoms with van der Waals surface area (Å²) in [6, 6.07) is 15.0. The Morgan fingerprint density at radius 2 is 1.52 bits per heavy atom. The van der Waals surface area contributed by atoms with E-state index in [2.05, 4.69) is 10.0 Å². The summed E-state index contributed by atoms with van der Waals surface area (Å²) in [6.07, 6.45) is 0. The van der Waals surface area contributed by atoms with Crippen LogP contribution in [0, 0.1) is 0 Å². The van der Waals surface area contributed by atoms with E-state index in [0.29, 0.717) is 12.2 Å². The quantitative estimate of drug-likeness (QED) is 0.814. The minimum absolute atomic E-state index is 0.459. The maximum atomic E-state index is 11.8. The lowest BCUT2D eigenvalue weighted by Crippen LogP contribution is -2.22. The van der Waals surface area contributed by atoms with Crippen LogP contribution in [0.25, 0.3) is 0 Å². The molecule has 0 bridgehead atoms. The minimum Gasteiger partial charge on any atom is -0.497 e.